The van der Waals surface area contributed by atoms with E-state index in [1.54, 1.807) is 0 Å². The third-order valence-electron chi connectivity index (χ3n) is 3.02. The van der Waals surface area contributed by atoms with Crippen LogP contribution in [0.4, 0.5) is 0 Å². The van der Waals surface area contributed by atoms with Crippen LogP contribution in [-0.4, -0.2) is 32.3 Å². The van der Waals surface area contributed by atoms with E-state index in [1.807, 2.05) is 6.92 Å². The van der Waals surface area contributed by atoms with Crippen LogP contribution in [0.1, 0.15) is 31.4 Å². The van der Waals surface area contributed by atoms with Gasteiger partial charge in [0.25, 0.3) is 0 Å². The van der Waals surface area contributed by atoms with Crippen molar-refractivity contribution in [3.05, 3.63) is 33.8 Å². The molecule has 0 unspecified atom stereocenters. The second-order valence-electron chi connectivity index (χ2n) is 4.74. The van der Waals surface area contributed by atoms with Crippen LogP contribution in [-0.2, 0) is 11.3 Å². The van der Waals surface area contributed by atoms with Gasteiger partial charge < -0.3 is 15.4 Å². The van der Waals surface area contributed by atoms with Gasteiger partial charge in [-0.05, 0) is 50.5 Å². The summed E-state index contributed by atoms with van der Waals surface area (Å²) in [5, 5.41) is 6.59. The van der Waals surface area contributed by atoms with Gasteiger partial charge in [0.2, 0.25) is 0 Å². The van der Waals surface area contributed by atoms with Gasteiger partial charge in [-0.3, -0.25) is 0 Å². The molecule has 0 saturated heterocycles. The van der Waals surface area contributed by atoms with Crippen LogP contribution < -0.4 is 10.6 Å². The van der Waals surface area contributed by atoms with E-state index >= 15 is 0 Å². The number of ether oxygens (including phenoxy) is 1. The monoisotopic (exact) mass is 483 g/mol. The van der Waals surface area contributed by atoms with Crippen molar-refractivity contribution in [1.82, 2.24) is 10.6 Å². The molecule has 0 aliphatic carbocycles. The predicted molar refractivity (Wildman–Crippen MR) is 108 cm³/mol. The van der Waals surface area contributed by atoms with E-state index in [2.05, 4.69) is 63.6 Å². The molecule has 0 radical (unpaired) electrons. The fourth-order valence-corrected chi connectivity index (χ4v) is 2.34. The molecule has 0 saturated carbocycles. The minimum atomic E-state index is 0. The first-order valence-corrected chi connectivity index (χ1v) is 8.31. The molecule has 0 heterocycles. The van der Waals surface area contributed by atoms with Crippen LogP contribution >= 0.6 is 39.9 Å². The maximum atomic E-state index is 5.33. The average Bonchev–Trinajstić information content (AvgIpc) is 2.46. The van der Waals surface area contributed by atoms with Gasteiger partial charge in [-0.15, -0.1) is 24.0 Å². The lowest BCUT2D eigenvalue weighted by Crippen LogP contribution is -2.38. The molecule has 0 fully saturated rings. The fraction of sp³-hybridized carbons (Fsp3) is 0.562. The highest BCUT2D eigenvalue weighted by atomic mass is 127. The van der Waals surface area contributed by atoms with Crippen LogP contribution in [0.5, 0.6) is 0 Å². The molecule has 1 aromatic carbocycles. The number of halogens is 2. The van der Waals surface area contributed by atoms with Crippen molar-refractivity contribution in [3.8, 4) is 0 Å². The van der Waals surface area contributed by atoms with Crippen molar-refractivity contribution in [2.75, 3.05) is 26.3 Å². The molecule has 2 N–H and O–H groups in total. The Labute approximate surface area is 159 Å². The van der Waals surface area contributed by atoms with E-state index in [1.165, 1.54) is 11.1 Å². The highest BCUT2D eigenvalue weighted by Gasteiger charge is 2.00. The Hall–Kier alpha value is -0.340. The summed E-state index contributed by atoms with van der Waals surface area (Å²) in [6, 6.07) is 6.29. The molecule has 1 rings (SSSR count). The molecule has 0 atom stereocenters. The minimum Gasteiger partial charge on any atom is -0.382 e. The molecule has 6 heteroatoms. The summed E-state index contributed by atoms with van der Waals surface area (Å²) in [5.41, 5.74) is 2.49. The van der Waals surface area contributed by atoms with Crippen LogP contribution in [0.3, 0.4) is 0 Å². The van der Waals surface area contributed by atoms with E-state index in [0.29, 0.717) is 6.54 Å². The van der Waals surface area contributed by atoms with Crippen molar-refractivity contribution in [1.29, 1.82) is 0 Å². The third kappa shape index (κ3) is 8.95. The van der Waals surface area contributed by atoms with E-state index < -0.39 is 0 Å². The lowest BCUT2D eigenvalue weighted by atomic mass is 10.1. The lowest BCUT2D eigenvalue weighted by Gasteiger charge is -2.12. The fourth-order valence-electron chi connectivity index (χ4n) is 1.87. The standard InChI is InChI=1S/C16H26BrN3O.HI/c1-4-18-16(19-9-6-10-21-5-2)20-12-14-7-8-15(17)11-13(14)3;/h7-8,11H,4-6,9-10,12H2,1-3H3,(H2,18,19,20);1H. The minimum absolute atomic E-state index is 0. The van der Waals surface area contributed by atoms with E-state index in [-0.39, 0.29) is 24.0 Å². The van der Waals surface area contributed by atoms with Crippen molar-refractivity contribution < 1.29 is 4.74 Å². The molecule has 0 bridgehead atoms. The Balaban J connectivity index is 0.00000441. The summed E-state index contributed by atoms with van der Waals surface area (Å²) in [5.74, 6) is 0.858. The van der Waals surface area contributed by atoms with Gasteiger partial charge in [-0.1, -0.05) is 22.0 Å². The molecular weight excluding hydrogens is 457 g/mol. The zero-order valence-electron chi connectivity index (χ0n) is 13.6. The first-order chi connectivity index (χ1) is 10.2. The average molecular weight is 484 g/mol. The highest BCUT2D eigenvalue weighted by Crippen LogP contribution is 2.16. The molecular formula is C16H27BrIN3O. The Morgan fingerprint density at radius 3 is 2.68 bits per heavy atom. The summed E-state index contributed by atoms with van der Waals surface area (Å²) in [6.07, 6.45) is 0.982. The summed E-state index contributed by atoms with van der Waals surface area (Å²) >= 11 is 3.48. The molecule has 0 amide bonds. The van der Waals surface area contributed by atoms with Crippen molar-refractivity contribution >= 4 is 45.9 Å². The second-order valence-corrected chi connectivity index (χ2v) is 5.66. The van der Waals surface area contributed by atoms with Gasteiger partial charge in [0, 0.05) is 30.8 Å². The number of hydrogen-bond donors (Lipinski definition) is 2. The molecule has 0 spiro atoms. The quantitative estimate of drug-likeness (QED) is 0.255. The summed E-state index contributed by atoms with van der Waals surface area (Å²) in [7, 11) is 0. The first kappa shape index (κ1) is 21.7. The van der Waals surface area contributed by atoms with Gasteiger partial charge in [0.15, 0.2) is 5.96 Å². The molecule has 0 aliphatic rings. The zero-order valence-corrected chi connectivity index (χ0v) is 17.5. The summed E-state index contributed by atoms with van der Waals surface area (Å²) < 4.78 is 6.43. The van der Waals surface area contributed by atoms with E-state index in [4.69, 9.17) is 4.74 Å². The number of nitrogens with one attached hydrogen (secondary N) is 2. The maximum Gasteiger partial charge on any atom is 0.191 e. The first-order valence-electron chi connectivity index (χ1n) is 7.52. The topological polar surface area (TPSA) is 45.7 Å². The number of aliphatic imine (C=N–C) groups is 1. The number of rotatable bonds is 8. The molecule has 0 aromatic heterocycles. The number of hydrogen-bond acceptors (Lipinski definition) is 2. The number of benzene rings is 1. The van der Waals surface area contributed by atoms with Gasteiger partial charge >= 0.3 is 0 Å². The van der Waals surface area contributed by atoms with Crippen LogP contribution in [0.25, 0.3) is 0 Å². The highest BCUT2D eigenvalue weighted by molar-refractivity contribution is 14.0. The number of guanidine groups is 1. The molecule has 1 aromatic rings. The van der Waals surface area contributed by atoms with Crippen molar-refractivity contribution in [3.63, 3.8) is 0 Å². The van der Waals surface area contributed by atoms with Crippen LogP contribution in [0, 0.1) is 6.92 Å². The summed E-state index contributed by atoms with van der Waals surface area (Å²) in [4.78, 5) is 4.63. The Kier molecular flexibility index (Phi) is 12.9. The SMILES string of the molecule is CCNC(=NCc1ccc(Br)cc1C)NCCCOCC.I. The molecule has 22 heavy (non-hydrogen) atoms. The predicted octanol–water partition coefficient (Wildman–Crippen LogP) is 3.86. The van der Waals surface area contributed by atoms with Gasteiger partial charge in [-0.25, -0.2) is 4.99 Å². The van der Waals surface area contributed by atoms with E-state index in [0.717, 1.165) is 43.2 Å². The van der Waals surface area contributed by atoms with Crippen molar-refractivity contribution in [2.24, 2.45) is 4.99 Å². The maximum absolute atomic E-state index is 5.33. The Bertz CT molecular complexity index is 455. The molecule has 4 nitrogen and oxygen atoms in total. The zero-order chi connectivity index (χ0) is 15.5. The largest absolute Gasteiger partial charge is 0.382 e. The second kappa shape index (κ2) is 13.1. The smallest absolute Gasteiger partial charge is 0.191 e. The Morgan fingerprint density at radius 1 is 1.27 bits per heavy atom. The molecule has 0 aliphatic heterocycles. The number of aryl methyl sites for hydroxylation is 1. The van der Waals surface area contributed by atoms with Gasteiger partial charge in [0.1, 0.15) is 0 Å². The molecule has 126 valence electrons. The van der Waals surface area contributed by atoms with E-state index in [9.17, 15) is 0 Å². The Morgan fingerprint density at radius 2 is 2.05 bits per heavy atom. The van der Waals surface area contributed by atoms with Crippen LogP contribution in [0.15, 0.2) is 27.7 Å². The normalized spacial score (nSPS) is 11.0. The third-order valence-corrected chi connectivity index (χ3v) is 3.51. The van der Waals surface area contributed by atoms with Crippen LogP contribution in [0.2, 0.25) is 0 Å². The van der Waals surface area contributed by atoms with Crippen molar-refractivity contribution in [2.45, 2.75) is 33.7 Å². The van der Waals surface area contributed by atoms with Gasteiger partial charge in [-0.2, -0.15) is 0 Å². The summed E-state index contributed by atoms with van der Waals surface area (Å²) in [6.45, 7) is 10.2. The number of nitrogens with zero attached hydrogens (tertiary/aromatic N) is 1. The van der Waals surface area contributed by atoms with Gasteiger partial charge in [0.05, 0.1) is 6.54 Å². The lowest BCUT2D eigenvalue weighted by molar-refractivity contribution is 0.145.